The van der Waals surface area contributed by atoms with Gasteiger partial charge >= 0.3 is 0 Å². The van der Waals surface area contributed by atoms with E-state index >= 15 is 0 Å². The van der Waals surface area contributed by atoms with Crippen molar-refractivity contribution >= 4 is 0 Å². The second-order valence-electron chi connectivity index (χ2n) is 3.79. The molecule has 0 aliphatic heterocycles. The van der Waals surface area contributed by atoms with E-state index < -0.39 is 0 Å². The van der Waals surface area contributed by atoms with E-state index in [1.54, 1.807) is 12.1 Å². The van der Waals surface area contributed by atoms with Gasteiger partial charge in [-0.25, -0.2) is 4.39 Å². The highest BCUT2D eigenvalue weighted by Crippen LogP contribution is 2.30. The standard InChI is InChI=1S/C11H14FN/c1-7-5-8(12)6-10-9(7)3-2-4-11(10)13/h5-6,11H,2-4,13H2,1H3/t11-/m1/s1. The maximum Gasteiger partial charge on any atom is 0.123 e. The molecule has 0 heterocycles. The highest BCUT2D eigenvalue weighted by Gasteiger charge is 2.18. The lowest BCUT2D eigenvalue weighted by atomic mass is 9.85. The summed E-state index contributed by atoms with van der Waals surface area (Å²) in [5.74, 6) is -0.159. The second kappa shape index (κ2) is 3.11. The minimum Gasteiger partial charge on any atom is -0.324 e. The van der Waals surface area contributed by atoms with Gasteiger partial charge in [0, 0.05) is 6.04 Å². The molecular formula is C11H14FN. The molecule has 2 N–H and O–H groups in total. The lowest BCUT2D eigenvalue weighted by Crippen LogP contribution is -2.18. The lowest BCUT2D eigenvalue weighted by molar-refractivity contribution is 0.554. The summed E-state index contributed by atoms with van der Waals surface area (Å²) in [4.78, 5) is 0. The van der Waals surface area contributed by atoms with Crippen LogP contribution < -0.4 is 5.73 Å². The van der Waals surface area contributed by atoms with Crippen LogP contribution in [0.25, 0.3) is 0 Å². The molecule has 1 nitrogen and oxygen atoms in total. The van der Waals surface area contributed by atoms with Gasteiger partial charge in [0.25, 0.3) is 0 Å². The predicted octanol–water partition coefficient (Wildman–Crippen LogP) is 2.47. The summed E-state index contributed by atoms with van der Waals surface area (Å²) >= 11 is 0. The Morgan fingerprint density at radius 1 is 1.46 bits per heavy atom. The van der Waals surface area contributed by atoms with Gasteiger partial charge in [-0.2, -0.15) is 0 Å². The van der Waals surface area contributed by atoms with Crippen molar-refractivity contribution in [3.63, 3.8) is 0 Å². The molecule has 0 aromatic heterocycles. The van der Waals surface area contributed by atoms with Crippen molar-refractivity contribution in [2.75, 3.05) is 0 Å². The molecule has 1 aliphatic carbocycles. The second-order valence-corrected chi connectivity index (χ2v) is 3.79. The molecule has 0 saturated carbocycles. The van der Waals surface area contributed by atoms with Gasteiger partial charge in [-0.1, -0.05) is 0 Å². The van der Waals surface area contributed by atoms with Crippen LogP contribution in [0.1, 0.15) is 35.6 Å². The number of aryl methyl sites for hydroxylation is 1. The number of fused-ring (bicyclic) bond motifs is 1. The third-order valence-corrected chi connectivity index (χ3v) is 2.81. The fraction of sp³-hybridized carbons (Fsp3) is 0.455. The summed E-state index contributed by atoms with van der Waals surface area (Å²) in [7, 11) is 0. The summed E-state index contributed by atoms with van der Waals surface area (Å²) in [6.45, 7) is 1.96. The van der Waals surface area contributed by atoms with E-state index in [0.29, 0.717) is 0 Å². The number of hydrogen-bond acceptors (Lipinski definition) is 1. The van der Waals surface area contributed by atoms with Gasteiger partial charge in [-0.3, -0.25) is 0 Å². The van der Waals surface area contributed by atoms with E-state index in [0.717, 1.165) is 30.4 Å². The molecule has 0 spiro atoms. The molecule has 13 heavy (non-hydrogen) atoms. The number of rotatable bonds is 0. The summed E-state index contributed by atoms with van der Waals surface area (Å²) in [5.41, 5.74) is 9.25. The van der Waals surface area contributed by atoms with Crippen molar-refractivity contribution in [3.05, 3.63) is 34.6 Å². The maximum absolute atomic E-state index is 13.1. The zero-order valence-corrected chi connectivity index (χ0v) is 7.81. The van der Waals surface area contributed by atoms with E-state index in [1.807, 2.05) is 6.92 Å². The quantitative estimate of drug-likeness (QED) is 0.650. The fourth-order valence-corrected chi connectivity index (χ4v) is 2.13. The van der Waals surface area contributed by atoms with E-state index in [2.05, 4.69) is 0 Å². The van der Waals surface area contributed by atoms with Gasteiger partial charge in [-0.15, -0.1) is 0 Å². The molecule has 2 rings (SSSR count). The van der Waals surface area contributed by atoms with Crippen LogP contribution in [-0.2, 0) is 6.42 Å². The van der Waals surface area contributed by atoms with E-state index in [1.165, 1.54) is 5.56 Å². The van der Waals surface area contributed by atoms with Crippen LogP contribution in [0.5, 0.6) is 0 Å². The first-order valence-electron chi connectivity index (χ1n) is 4.73. The molecule has 0 unspecified atom stereocenters. The summed E-state index contributed by atoms with van der Waals surface area (Å²) in [5, 5.41) is 0. The molecule has 70 valence electrons. The smallest absolute Gasteiger partial charge is 0.123 e. The van der Waals surface area contributed by atoms with Crippen LogP contribution in [0.3, 0.4) is 0 Å². The Morgan fingerprint density at radius 2 is 2.23 bits per heavy atom. The molecular weight excluding hydrogens is 165 g/mol. The first-order chi connectivity index (χ1) is 6.18. The number of benzene rings is 1. The number of nitrogens with two attached hydrogens (primary N) is 1. The Balaban J connectivity index is 2.56. The largest absolute Gasteiger partial charge is 0.324 e. The normalized spacial score (nSPS) is 21.3. The van der Waals surface area contributed by atoms with Crippen molar-refractivity contribution in [2.45, 2.75) is 32.2 Å². The average molecular weight is 179 g/mol. The third-order valence-electron chi connectivity index (χ3n) is 2.81. The Bertz CT molecular complexity index is 333. The monoisotopic (exact) mass is 179 g/mol. The summed E-state index contributed by atoms with van der Waals surface area (Å²) in [6.07, 6.45) is 3.16. The first kappa shape index (κ1) is 8.70. The molecule has 0 saturated heterocycles. The van der Waals surface area contributed by atoms with Gasteiger partial charge in [0.15, 0.2) is 0 Å². The van der Waals surface area contributed by atoms with Crippen molar-refractivity contribution in [1.29, 1.82) is 0 Å². The third kappa shape index (κ3) is 1.46. The van der Waals surface area contributed by atoms with Crippen LogP contribution in [0.15, 0.2) is 12.1 Å². The van der Waals surface area contributed by atoms with E-state index in [9.17, 15) is 4.39 Å². The van der Waals surface area contributed by atoms with Crippen LogP contribution >= 0.6 is 0 Å². The van der Waals surface area contributed by atoms with Crippen LogP contribution in [0.4, 0.5) is 4.39 Å². The molecule has 0 bridgehead atoms. The molecule has 0 radical (unpaired) electrons. The van der Waals surface area contributed by atoms with Gasteiger partial charge in [0.05, 0.1) is 0 Å². The van der Waals surface area contributed by atoms with Gasteiger partial charge in [0.1, 0.15) is 5.82 Å². The van der Waals surface area contributed by atoms with Crippen LogP contribution in [0.2, 0.25) is 0 Å². The Labute approximate surface area is 77.8 Å². The molecule has 0 amide bonds. The Morgan fingerprint density at radius 3 is 3.00 bits per heavy atom. The average Bonchev–Trinajstić information content (AvgIpc) is 2.07. The Kier molecular flexibility index (Phi) is 2.08. The molecule has 1 aromatic carbocycles. The van der Waals surface area contributed by atoms with Crippen molar-refractivity contribution in [3.8, 4) is 0 Å². The summed E-state index contributed by atoms with van der Waals surface area (Å²) in [6, 6.07) is 3.22. The molecule has 1 aliphatic rings. The maximum atomic E-state index is 13.1. The van der Waals surface area contributed by atoms with Gasteiger partial charge < -0.3 is 5.73 Å². The number of hydrogen-bond donors (Lipinski definition) is 1. The molecule has 1 aromatic rings. The SMILES string of the molecule is Cc1cc(F)cc2c1CCC[C@H]2N. The number of halogens is 1. The predicted molar refractivity (Wildman–Crippen MR) is 51.0 cm³/mol. The van der Waals surface area contributed by atoms with E-state index in [-0.39, 0.29) is 11.9 Å². The molecule has 1 atom stereocenters. The summed E-state index contributed by atoms with van der Waals surface area (Å²) < 4.78 is 13.1. The van der Waals surface area contributed by atoms with E-state index in [4.69, 9.17) is 5.73 Å². The minimum absolute atomic E-state index is 0.0400. The van der Waals surface area contributed by atoms with Gasteiger partial charge in [0.2, 0.25) is 0 Å². The minimum atomic E-state index is -0.159. The fourth-order valence-electron chi connectivity index (χ4n) is 2.13. The lowest BCUT2D eigenvalue weighted by Gasteiger charge is -2.23. The molecule has 2 heteroatoms. The first-order valence-corrected chi connectivity index (χ1v) is 4.73. The van der Waals surface area contributed by atoms with Crippen molar-refractivity contribution in [2.24, 2.45) is 5.73 Å². The molecule has 0 fully saturated rings. The zero-order valence-electron chi connectivity index (χ0n) is 7.81. The van der Waals surface area contributed by atoms with Crippen molar-refractivity contribution < 1.29 is 4.39 Å². The van der Waals surface area contributed by atoms with Crippen molar-refractivity contribution in [1.82, 2.24) is 0 Å². The Hall–Kier alpha value is -0.890. The van der Waals surface area contributed by atoms with Gasteiger partial charge in [-0.05, 0) is 55.0 Å². The zero-order chi connectivity index (χ0) is 9.42. The highest BCUT2D eigenvalue weighted by molar-refractivity contribution is 5.38. The van der Waals surface area contributed by atoms with Crippen LogP contribution in [0, 0.1) is 12.7 Å². The topological polar surface area (TPSA) is 26.0 Å². The van der Waals surface area contributed by atoms with Crippen LogP contribution in [-0.4, -0.2) is 0 Å². The highest BCUT2D eigenvalue weighted by atomic mass is 19.1.